The first kappa shape index (κ1) is 24.7. The van der Waals surface area contributed by atoms with Crippen LogP contribution >= 0.6 is 11.8 Å². The molecule has 2 aliphatic rings. The molecule has 1 amide bonds. The standard InChI is InChI=1S/C26H19F2N7O3S/c1-37-21-12-31-18(11-32-21)24(36)33-14-2-3-19-15(9-14)26(5-7-39-25(29)35-26)16-10-17(34-23(28)22(16)38-19)13-4-6-30-20(27)8-13/h2-4,6,8-12H,5,7H2,1H3,(H2,29,35)(H,33,36)/t26-/m0/s1. The molecule has 13 heteroatoms. The fraction of sp³-hybridized carbons (Fsp3) is 0.154. The predicted octanol–water partition coefficient (Wildman–Crippen LogP) is 4.27. The molecular formula is C26H19F2N7O3S. The SMILES string of the molecule is COc1cnc(C(=O)Nc2ccc3c(c2)[C@@]2(CCSC(N)=N2)c2cc(-c4ccnc(F)c4)nc(F)c2O3)cn1. The lowest BCUT2D eigenvalue weighted by molar-refractivity contribution is 0.102. The quantitative estimate of drug-likeness (QED) is 0.359. The zero-order chi connectivity index (χ0) is 27.1. The maximum Gasteiger partial charge on any atom is 0.275 e. The second-order valence-electron chi connectivity index (χ2n) is 8.66. The van der Waals surface area contributed by atoms with Gasteiger partial charge in [0, 0.05) is 40.4 Å². The number of hydrogen-bond acceptors (Lipinski definition) is 10. The van der Waals surface area contributed by atoms with Crippen molar-refractivity contribution in [1.29, 1.82) is 0 Å². The number of amides is 1. The summed E-state index contributed by atoms with van der Waals surface area (Å²) in [7, 11) is 1.45. The molecule has 0 bridgehead atoms. The molecule has 2 aliphatic heterocycles. The lowest BCUT2D eigenvalue weighted by atomic mass is 9.78. The Kier molecular flexibility index (Phi) is 6.06. The molecule has 0 unspecified atom stereocenters. The average molecular weight is 548 g/mol. The fourth-order valence-corrected chi connectivity index (χ4v) is 5.42. The van der Waals surface area contributed by atoms with Crippen LogP contribution < -0.4 is 20.5 Å². The van der Waals surface area contributed by atoms with Gasteiger partial charge in [0.05, 0.1) is 25.2 Å². The van der Waals surface area contributed by atoms with E-state index in [9.17, 15) is 9.18 Å². The average Bonchev–Trinajstić information content (AvgIpc) is 2.94. The molecule has 0 saturated heterocycles. The van der Waals surface area contributed by atoms with Gasteiger partial charge in [-0.15, -0.1) is 0 Å². The molecule has 0 fully saturated rings. The number of hydrogen-bond donors (Lipinski definition) is 2. The molecule has 6 rings (SSSR count). The predicted molar refractivity (Wildman–Crippen MR) is 140 cm³/mol. The van der Waals surface area contributed by atoms with Crippen molar-refractivity contribution in [2.75, 3.05) is 18.2 Å². The van der Waals surface area contributed by atoms with Crippen LogP contribution in [0.3, 0.4) is 0 Å². The Hall–Kier alpha value is -4.65. The number of ether oxygens (including phenoxy) is 2. The third kappa shape index (κ3) is 4.40. The molecule has 10 nitrogen and oxygen atoms in total. The molecule has 39 heavy (non-hydrogen) atoms. The highest BCUT2D eigenvalue weighted by molar-refractivity contribution is 8.13. The van der Waals surface area contributed by atoms with Crippen LogP contribution in [0.2, 0.25) is 0 Å². The summed E-state index contributed by atoms with van der Waals surface area (Å²) in [6.45, 7) is 0. The van der Waals surface area contributed by atoms with Crippen molar-refractivity contribution < 1.29 is 23.0 Å². The third-order valence-corrected chi connectivity index (χ3v) is 7.17. The normalized spacial score (nSPS) is 17.5. The number of anilines is 1. The number of methoxy groups -OCH3 is 1. The Labute approximate surface area is 224 Å². The number of carbonyl (C=O) groups is 1. The molecular weight excluding hydrogens is 528 g/mol. The highest BCUT2D eigenvalue weighted by atomic mass is 32.2. The van der Waals surface area contributed by atoms with Gasteiger partial charge in [0.15, 0.2) is 10.9 Å². The van der Waals surface area contributed by atoms with E-state index in [1.807, 2.05) is 0 Å². The maximum absolute atomic E-state index is 15.4. The van der Waals surface area contributed by atoms with Gasteiger partial charge in [-0.3, -0.25) is 4.79 Å². The number of aliphatic imine (C=N–C) groups is 1. The van der Waals surface area contributed by atoms with Crippen LogP contribution in [0.25, 0.3) is 11.3 Å². The van der Waals surface area contributed by atoms with Gasteiger partial charge in [0.1, 0.15) is 17.0 Å². The molecule has 0 aliphatic carbocycles. The van der Waals surface area contributed by atoms with E-state index in [-0.39, 0.29) is 23.0 Å². The maximum atomic E-state index is 15.4. The number of halogens is 2. The molecule has 4 aromatic rings. The first-order chi connectivity index (χ1) is 18.9. The van der Waals surface area contributed by atoms with Crippen LogP contribution in [-0.2, 0) is 5.54 Å². The van der Waals surface area contributed by atoms with Crippen molar-refractivity contribution in [3.05, 3.63) is 83.7 Å². The summed E-state index contributed by atoms with van der Waals surface area (Å²) in [5, 5.41) is 3.12. The van der Waals surface area contributed by atoms with Crippen molar-refractivity contribution in [2.24, 2.45) is 10.7 Å². The number of fused-ring (bicyclic) bond motifs is 4. The number of nitrogens with zero attached hydrogens (tertiary/aromatic N) is 5. The number of rotatable bonds is 4. The molecule has 1 aromatic carbocycles. The van der Waals surface area contributed by atoms with E-state index < -0.39 is 23.3 Å². The summed E-state index contributed by atoms with van der Waals surface area (Å²) >= 11 is 1.38. The first-order valence-electron chi connectivity index (χ1n) is 11.7. The monoisotopic (exact) mass is 547 g/mol. The number of benzene rings is 1. The van der Waals surface area contributed by atoms with Crippen LogP contribution in [0.15, 0.2) is 60.0 Å². The second kappa shape index (κ2) is 9.58. The topological polar surface area (TPSA) is 138 Å². The van der Waals surface area contributed by atoms with Gasteiger partial charge in [-0.25, -0.2) is 24.9 Å². The Morgan fingerprint density at radius 2 is 2.00 bits per heavy atom. The van der Waals surface area contributed by atoms with Gasteiger partial charge in [-0.1, -0.05) is 11.8 Å². The van der Waals surface area contributed by atoms with Gasteiger partial charge in [-0.05, 0) is 36.8 Å². The summed E-state index contributed by atoms with van der Waals surface area (Å²) in [5.41, 5.74) is 7.07. The molecule has 0 radical (unpaired) electrons. The molecule has 0 saturated carbocycles. The minimum atomic E-state index is -1.14. The largest absolute Gasteiger partial charge is 0.480 e. The zero-order valence-electron chi connectivity index (χ0n) is 20.3. The van der Waals surface area contributed by atoms with Crippen LogP contribution in [0, 0.1) is 11.9 Å². The van der Waals surface area contributed by atoms with Gasteiger partial charge < -0.3 is 20.5 Å². The smallest absolute Gasteiger partial charge is 0.275 e. The van der Waals surface area contributed by atoms with Crippen molar-refractivity contribution in [3.63, 3.8) is 0 Å². The van der Waals surface area contributed by atoms with Crippen molar-refractivity contribution >= 4 is 28.5 Å². The second-order valence-corrected chi connectivity index (χ2v) is 9.78. The summed E-state index contributed by atoms with van der Waals surface area (Å²) in [6, 6.07) is 9.28. The minimum absolute atomic E-state index is 0.0866. The van der Waals surface area contributed by atoms with Gasteiger partial charge >= 0.3 is 0 Å². The lowest BCUT2D eigenvalue weighted by Gasteiger charge is -2.39. The first-order valence-corrected chi connectivity index (χ1v) is 12.7. The minimum Gasteiger partial charge on any atom is -0.480 e. The van der Waals surface area contributed by atoms with E-state index in [2.05, 4.69) is 25.3 Å². The molecule has 1 spiro atoms. The molecule has 3 N–H and O–H groups in total. The van der Waals surface area contributed by atoms with E-state index in [1.165, 1.54) is 49.6 Å². The summed E-state index contributed by atoms with van der Waals surface area (Å²) < 4.78 is 40.2. The van der Waals surface area contributed by atoms with E-state index >= 15 is 4.39 Å². The zero-order valence-corrected chi connectivity index (χ0v) is 21.1. The van der Waals surface area contributed by atoms with Crippen molar-refractivity contribution in [1.82, 2.24) is 19.9 Å². The number of nitrogens with two attached hydrogens (primary N) is 1. The summed E-state index contributed by atoms with van der Waals surface area (Å²) in [4.78, 5) is 33.3. The number of pyridine rings is 2. The Balaban J connectivity index is 1.45. The fourth-order valence-electron chi connectivity index (χ4n) is 4.59. The number of thioether (sulfide) groups is 1. The van der Waals surface area contributed by atoms with Crippen LogP contribution in [0.4, 0.5) is 14.5 Å². The van der Waals surface area contributed by atoms with Crippen LogP contribution in [-0.4, -0.2) is 43.9 Å². The van der Waals surface area contributed by atoms with Gasteiger partial charge in [0.25, 0.3) is 11.9 Å². The number of amidine groups is 1. The lowest BCUT2D eigenvalue weighted by Crippen LogP contribution is -2.36. The van der Waals surface area contributed by atoms with Crippen LogP contribution in [0.5, 0.6) is 17.4 Å². The van der Waals surface area contributed by atoms with Crippen molar-refractivity contribution in [2.45, 2.75) is 12.0 Å². The van der Waals surface area contributed by atoms with Crippen LogP contribution in [0.1, 0.15) is 28.0 Å². The van der Waals surface area contributed by atoms with E-state index in [0.717, 1.165) is 0 Å². The van der Waals surface area contributed by atoms with E-state index in [0.29, 0.717) is 45.5 Å². The highest BCUT2D eigenvalue weighted by Gasteiger charge is 2.46. The molecule has 196 valence electrons. The molecule has 1 atom stereocenters. The third-order valence-electron chi connectivity index (χ3n) is 6.38. The number of aromatic nitrogens is 4. The van der Waals surface area contributed by atoms with Gasteiger partial charge in [-0.2, -0.15) is 8.78 Å². The highest BCUT2D eigenvalue weighted by Crippen LogP contribution is 2.54. The van der Waals surface area contributed by atoms with Gasteiger partial charge in [0.2, 0.25) is 11.8 Å². The Morgan fingerprint density at radius 1 is 1.13 bits per heavy atom. The number of carbonyl (C=O) groups excluding carboxylic acids is 1. The van der Waals surface area contributed by atoms with E-state index in [4.69, 9.17) is 20.2 Å². The summed E-state index contributed by atoms with van der Waals surface area (Å²) in [6.07, 6.45) is 4.38. The molecule has 5 heterocycles. The summed E-state index contributed by atoms with van der Waals surface area (Å²) in [5.74, 6) is -0.953. The molecule has 3 aromatic heterocycles. The van der Waals surface area contributed by atoms with E-state index in [1.54, 1.807) is 24.3 Å². The Morgan fingerprint density at radius 3 is 2.74 bits per heavy atom. The van der Waals surface area contributed by atoms with Crippen molar-refractivity contribution in [3.8, 4) is 28.6 Å². The Bertz CT molecular complexity index is 1650. The number of nitrogens with one attached hydrogen (secondary N) is 1.